The first kappa shape index (κ1) is 17.6. The Labute approximate surface area is 128 Å². The molecule has 1 rings (SSSR count). The first-order valence-corrected chi connectivity index (χ1v) is 6.80. The second kappa shape index (κ2) is 8.78. The van der Waals surface area contributed by atoms with Gasteiger partial charge in [-0.05, 0) is 37.6 Å². The van der Waals surface area contributed by atoms with Crippen molar-refractivity contribution < 1.29 is 23.9 Å². The van der Waals surface area contributed by atoms with Crippen LogP contribution >= 0.6 is 0 Å². The zero-order valence-electron chi connectivity index (χ0n) is 12.6. The van der Waals surface area contributed by atoms with Crippen LogP contribution in [0.25, 0.3) is 0 Å². The van der Waals surface area contributed by atoms with E-state index < -0.39 is 23.9 Å². The van der Waals surface area contributed by atoms with Crippen LogP contribution in [0.4, 0.5) is 0 Å². The molecule has 0 heterocycles. The standard InChI is InChI=1S/C15H20N2O5/c1-21-14(19)11-6-3-5-10(9-11)13(18)17-12(7-4-8-16)15(20)22-2/h3,5-6,9,12H,4,7-8,16H2,1-2H3,(H,17,18). The molecular weight excluding hydrogens is 288 g/mol. The van der Waals surface area contributed by atoms with Gasteiger partial charge < -0.3 is 20.5 Å². The number of carbonyl (C=O) groups is 3. The molecule has 1 aromatic rings. The normalized spacial score (nSPS) is 11.4. The second-order valence-electron chi connectivity index (χ2n) is 4.55. The van der Waals surface area contributed by atoms with Crippen molar-refractivity contribution in [3.63, 3.8) is 0 Å². The third-order valence-corrected chi connectivity index (χ3v) is 3.03. The number of amides is 1. The van der Waals surface area contributed by atoms with Crippen molar-refractivity contribution in [3.05, 3.63) is 35.4 Å². The SMILES string of the molecule is COC(=O)c1cccc(C(=O)NC(CCCN)C(=O)OC)c1. The largest absolute Gasteiger partial charge is 0.467 e. The fraction of sp³-hybridized carbons (Fsp3) is 0.400. The topological polar surface area (TPSA) is 108 Å². The van der Waals surface area contributed by atoms with Crippen LogP contribution < -0.4 is 11.1 Å². The number of ether oxygens (including phenoxy) is 2. The summed E-state index contributed by atoms with van der Waals surface area (Å²) in [5, 5.41) is 2.58. The molecule has 1 aromatic carbocycles. The van der Waals surface area contributed by atoms with Crippen molar-refractivity contribution >= 4 is 17.8 Å². The molecule has 0 aliphatic rings. The molecule has 0 aromatic heterocycles. The number of hydrogen-bond acceptors (Lipinski definition) is 6. The van der Waals surface area contributed by atoms with Crippen LogP contribution in [0.1, 0.15) is 33.6 Å². The summed E-state index contributed by atoms with van der Waals surface area (Å²) in [7, 11) is 2.51. The lowest BCUT2D eigenvalue weighted by Gasteiger charge is -2.16. The lowest BCUT2D eigenvalue weighted by Crippen LogP contribution is -2.41. The minimum atomic E-state index is -0.775. The van der Waals surface area contributed by atoms with Gasteiger partial charge in [0.05, 0.1) is 19.8 Å². The Balaban J connectivity index is 2.85. The maximum absolute atomic E-state index is 12.2. The van der Waals surface area contributed by atoms with Gasteiger partial charge in [-0.3, -0.25) is 4.79 Å². The Morgan fingerprint density at radius 2 is 1.86 bits per heavy atom. The van der Waals surface area contributed by atoms with E-state index >= 15 is 0 Å². The highest BCUT2D eigenvalue weighted by atomic mass is 16.5. The molecule has 0 radical (unpaired) electrons. The number of benzene rings is 1. The average molecular weight is 308 g/mol. The summed E-state index contributed by atoms with van der Waals surface area (Å²) in [6, 6.07) is 5.27. The Hall–Kier alpha value is -2.41. The van der Waals surface area contributed by atoms with Gasteiger partial charge in [-0.1, -0.05) is 6.07 Å². The van der Waals surface area contributed by atoms with Crippen molar-refractivity contribution in [1.29, 1.82) is 0 Å². The molecule has 1 atom stereocenters. The number of nitrogens with one attached hydrogen (secondary N) is 1. The molecule has 1 unspecified atom stereocenters. The third kappa shape index (κ3) is 4.85. The number of nitrogens with two attached hydrogens (primary N) is 1. The quantitative estimate of drug-likeness (QED) is 0.710. The lowest BCUT2D eigenvalue weighted by molar-refractivity contribution is -0.143. The van der Waals surface area contributed by atoms with E-state index in [9.17, 15) is 14.4 Å². The summed E-state index contributed by atoms with van der Waals surface area (Å²) in [5.41, 5.74) is 5.92. The highest BCUT2D eigenvalue weighted by Crippen LogP contribution is 2.08. The molecule has 7 nitrogen and oxygen atoms in total. The summed E-state index contributed by atoms with van der Waals surface area (Å²) in [5.74, 6) is -1.55. The molecule has 0 fully saturated rings. The predicted molar refractivity (Wildman–Crippen MR) is 79.3 cm³/mol. The van der Waals surface area contributed by atoms with Crippen molar-refractivity contribution in [3.8, 4) is 0 Å². The Morgan fingerprint density at radius 3 is 2.45 bits per heavy atom. The lowest BCUT2D eigenvalue weighted by atomic mass is 10.1. The Kier molecular flexibility index (Phi) is 7.04. The molecular formula is C15H20N2O5. The molecule has 3 N–H and O–H groups in total. The molecule has 0 bridgehead atoms. The summed E-state index contributed by atoms with van der Waals surface area (Å²) in [6.07, 6.45) is 0.952. The first-order chi connectivity index (χ1) is 10.5. The monoisotopic (exact) mass is 308 g/mol. The van der Waals surface area contributed by atoms with E-state index in [1.807, 2.05) is 0 Å². The second-order valence-corrected chi connectivity index (χ2v) is 4.55. The zero-order valence-corrected chi connectivity index (χ0v) is 12.6. The Morgan fingerprint density at radius 1 is 1.18 bits per heavy atom. The van der Waals surface area contributed by atoms with Gasteiger partial charge in [0.1, 0.15) is 6.04 Å². The summed E-state index contributed by atoms with van der Waals surface area (Å²) >= 11 is 0. The van der Waals surface area contributed by atoms with Crippen LogP contribution in [0, 0.1) is 0 Å². The zero-order chi connectivity index (χ0) is 16.5. The summed E-state index contributed by atoms with van der Waals surface area (Å²) in [4.78, 5) is 35.3. The molecule has 0 aliphatic heterocycles. The molecule has 1 amide bonds. The fourth-order valence-electron chi connectivity index (χ4n) is 1.86. The van der Waals surface area contributed by atoms with Crippen LogP contribution in [0.5, 0.6) is 0 Å². The highest BCUT2D eigenvalue weighted by Gasteiger charge is 2.22. The summed E-state index contributed by atoms with van der Waals surface area (Å²) in [6.45, 7) is 0.404. The minimum absolute atomic E-state index is 0.254. The number of hydrogen-bond donors (Lipinski definition) is 2. The number of rotatable bonds is 7. The van der Waals surface area contributed by atoms with Gasteiger partial charge in [-0.15, -0.1) is 0 Å². The van der Waals surface area contributed by atoms with Crippen LogP contribution in [-0.4, -0.2) is 44.7 Å². The van der Waals surface area contributed by atoms with Gasteiger partial charge in [0.2, 0.25) is 0 Å². The van der Waals surface area contributed by atoms with Gasteiger partial charge in [-0.25, -0.2) is 9.59 Å². The van der Waals surface area contributed by atoms with E-state index in [1.165, 1.54) is 26.4 Å². The highest BCUT2D eigenvalue weighted by molar-refractivity contribution is 5.99. The number of carbonyl (C=O) groups excluding carboxylic acids is 3. The van der Waals surface area contributed by atoms with E-state index in [0.717, 1.165) is 0 Å². The molecule has 120 valence electrons. The third-order valence-electron chi connectivity index (χ3n) is 3.03. The van der Waals surface area contributed by atoms with Crippen molar-refractivity contribution in [2.75, 3.05) is 20.8 Å². The van der Waals surface area contributed by atoms with E-state index in [4.69, 9.17) is 5.73 Å². The smallest absolute Gasteiger partial charge is 0.337 e. The number of methoxy groups -OCH3 is 2. The minimum Gasteiger partial charge on any atom is -0.467 e. The molecule has 0 saturated carbocycles. The maximum Gasteiger partial charge on any atom is 0.337 e. The van der Waals surface area contributed by atoms with Crippen molar-refractivity contribution in [1.82, 2.24) is 5.32 Å². The van der Waals surface area contributed by atoms with Gasteiger partial charge in [0, 0.05) is 5.56 Å². The van der Waals surface area contributed by atoms with Crippen LogP contribution in [-0.2, 0) is 14.3 Å². The average Bonchev–Trinajstić information content (AvgIpc) is 2.56. The van der Waals surface area contributed by atoms with E-state index in [0.29, 0.717) is 19.4 Å². The molecule has 0 aliphatic carbocycles. The molecule has 0 saturated heterocycles. The van der Waals surface area contributed by atoms with Crippen molar-refractivity contribution in [2.24, 2.45) is 5.73 Å². The Bertz CT molecular complexity index is 544. The van der Waals surface area contributed by atoms with E-state index in [1.54, 1.807) is 12.1 Å². The van der Waals surface area contributed by atoms with Gasteiger partial charge in [-0.2, -0.15) is 0 Å². The summed E-state index contributed by atoms with van der Waals surface area (Å²) < 4.78 is 9.26. The molecule has 22 heavy (non-hydrogen) atoms. The van der Waals surface area contributed by atoms with Crippen molar-refractivity contribution in [2.45, 2.75) is 18.9 Å². The van der Waals surface area contributed by atoms with E-state index in [-0.39, 0.29) is 11.1 Å². The fourth-order valence-corrected chi connectivity index (χ4v) is 1.86. The number of esters is 2. The molecule has 0 spiro atoms. The van der Waals surface area contributed by atoms with Crippen LogP contribution in [0.2, 0.25) is 0 Å². The maximum atomic E-state index is 12.2. The van der Waals surface area contributed by atoms with Gasteiger partial charge in [0.25, 0.3) is 5.91 Å². The predicted octanol–water partition coefficient (Wildman–Crippen LogP) is 0.484. The molecule has 7 heteroatoms. The van der Waals surface area contributed by atoms with Crippen LogP contribution in [0.15, 0.2) is 24.3 Å². The van der Waals surface area contributed by atoms with E-state index in [2.05, 4.69) is 14.8 Å². The van der Waals surface area contributed by atoms with Gasteiger partial charge in [0.15, 0.2) is 0 Å². The van der Waals surface area contributed by atoms with Gasteiger partial charge >= 0.3 is 11.9 Å². The first-order valence-electron chi connectivity index (χ1n) is 6.80. The van der Waals surface area contributed by atoms with Crippen LogP contribution in [0.3, 0.4) is 0 Å².